The molecule has 138 valence electrons. The van der Waals surface area contributed by atoms with E-state index in [1.54, 1.807) is 20.8 Å². The number of carbonyl (C=O) groups excluding carboxylic acids is 2. The minimum absolute atomic E-state index is 0.0333. The predicted octanol–water partition coefficient (Wildman–Crippen LogP) is 2.74. The summed E-state index contributed by atoms with van der Waals surface area (Å²) in [4.78, 5) is 36.9. The standard InChI is InChI=1S/C17H30N2O5/c1-16(2,3)13(11-7-8-19(10-11)15(22)23)12(20)9-18-14(21)24-17(4,5)6/h11,13H,7-10H2,1-6H3,(H,18,21)(H,22,23). The van der Waals surface area contributed by atoms with Crippen LogP contribution >= 0.6 is 0 Å². The number of nitrogens with one attached hydrogen (secondary N) is 1. The van der Waals surface area contributed by atoms with Crippen LogP contribution < -0.4 is 5.32 Å². The molecular formula is C17H30N2O5. The van der Waals surface area contributed by atoms with Crippen LogP contribution in [0, 0.1) is 17.3 Å². The molecule has 0 aromatic rings. The van der Waals surface area contributed by atoms with Gasteiger partial charge in [0, 0.05) is 19.0 Å². The first-order valence-corrected chi connectivity index (χ1v) is 8.28. The monoisotopic (exact) mass is 342 g/mol. The number of carbonyl (C=O) groups is 3. The number of carboxylic acid groups (broad SMARTS) is 1. The molecule has 1 saturated heterocycles. The van der Waals surface area contributed by atoms with Gasteiger partial charge in [-0.25, -0.2) is 9.59 Å². The summed E-state index contributed by atoms with van der Waals surface area (Å²) in [5.74, 6) is -0.448. The zero-order valence-corrected chi connectivity index (χ0v) is 15.5. The minimum Gasteiger partial charge on any atom is -0.465 e. The molecule has 7 nitrogen and oxygen atoms in total. The number of Topliss-reactive ketones (excluding diaryl/α,β-unsaturated/α-hetero) is 1. The van der Waals surface area contributed by atoms with Gasteiger partial charge in [-0.2, -0.15) is 0 Å². The van der Waals surface area contributed by atoms with Gasteiger partial charge in [0.1, 0.15) is 5.60 Å². The maximum Gasteiger partial charge on any atom is 0.408 e. The molecule has 1 aliphatic heterocycles. The number of amides is 2. The highest BCUT2D eigenvalue weighted by molar-refractivity contribution is 5.87. The Morgan fingerprint density at radius 1 is 1.21 bits per heavy atom. The lowest BCUT2D eigenvalue weighted by molar-refractivity contribution is -0.127. The molecule has 0 radical (unpaired) electrons. The molecule has 2 N–H and O–H groups in total. The average Bonchev–Trinajstić information content (AvgIpc) is 2.82. The fraction of sp³-hybridized carbons (Fsp3) is 0.824. The van der Waals surface area contributed by atoms with Gasteiger partial charge < -0.3 is 20.1 Å². The first-order chi connectivity index (χ1) is 10.8. The highest BCUT2D eigenvalue weighted by atomic mass is 16.6. The van der Waals surface area contributed by atoms with E-state index in [0.29, 0.717) is 19.5 Å². The molecular weight excluding hydrogens is 312 g/mol. The molecule has 1 aliphatic rings. The maximum atomic E-state index is 12.7. The molecule has 24 heavy (non-hydrogen) atoms. The van der Waals surface area contributed by atoms with Crippen molar-refractivity contribution in [2.45, 2.75) is 53.6 Å². The van der Waals surface area contributed by atoms with E-state index in [1.165, 1.54) is 4.90 Å². The van der Waals surface area contributed by atoms with Crippen molar-refractivity contribution in [1.29, 1.82) is 0 Å². The number of rotatable bonds is 4. The van der Waals surface area contributed by atoms with Gasteiger partial charge >= 0.3 is 12.2 Å². The summed E-state index contributed by atoms with van der Waals surface area (Å²) in [7, 11) is 0. The second-order valence-electron chi connectivity index (χ2n) is 8.44. The Hall–Kier alpha value is -1.79. The zero-order valence-electron chi connectivity index (χ0n) is 15.5. The van der Waals surface area contributed by atoms with Crippen LogP contribution in [-0.4, -0.2) is 53.2 Å². The summed E-state index contributed by atoms with van der Waals surface area (Å²) in [6, 6.07) is 0. The van der Waals surface area contributed by atoms with Gasteiger partial charge in [-0.1, -0.05) is 20.8 Å². The Bertz CT molecular complexity index is 490. The third kappa shape index (κ3) is 6.02. The highest BCUT2D eigenvalue weighted by Gasteiger charge is 2.41. The second kappa shape index (κ2) is 7.40. The molecule has 0 aliphatic carbocycles. The van der Waals surface area contributed by atoms with E-state index in [0.717, 1.165) is 0 Å². The van der Waals surface area contributed by atoms with E-state index in [-0.39, 0.29) is 29.6 Å². The van der Waals surface area contributed by atoms with Crippen molar-refractivity contribution in [2.75, 3.05) is 19.6 Å². The van der Waals surface area contributed by atoms with E-state index < -0.39 is 17.8 Å². The van der Waals surface area contributed by atoms with E-state index in [4.69, 9.17) is 9.84 Å². The normalized spacial score (nSPS) is 19.8. The molecule has 1 heterocycles. The fourth-order valence-electron chi connectivity index (χ4n) is 3.27. The van der Waals surface area contributed by atoms with Crippen LogP contribution in [-0.2, 0) is 9.53 Å². The van der Waals surface area contributed by atoms with Gasteiger partial charge in [0.25, 0.3) is 0 Å². The van der Waals surface area contributed by atoms with Crippen LogP contribution in [0.25, 0.3) is 0 Å². The first kappa shape index (κ1) is 20.3. The van der Waals surface area contributed by atoms with Gasteiger partial charge in [-0.15, -0.1) is 0 Å². The number of ketones is 1. The quantitative estimate of drug-likeness (QED) is 0.819. The Morgan fingerprint density at radius 2 is 1.79 bits per heavy atom. The van der Waals surface area contributed by atoms with Gasteiger partial charge in [0.15, 0.2) is 5.78 Å². The van der Waals surface area contributed by atoms with Crippen LogP contribution in [0.5, 0.6) is 0 Å². The molecule has 1 fully saturated rings. The lowest BCUT2D eigenvalue weighted by Crippen LogP contribution is -2.43. The van der Waals surface area contributed by atoms with Crippen molar-refractivity contribution in [3.8, 4) is 0 Å². The SMILES string of the molecule is CC(C)(C)OC(=O)NCC(=O)C(C1CCN(C(=O)O)C1)C(C)(C)C. The molecule has 0 spiro atoms. The molecule has 2 unspecified atom stereocenters. The lowest BCUT2D eigenvalue weighted by Gasteiger charge is -2.34. The predicted molar refractivity (Wildman–Crippen MR) is 89.9 cm³/mol. The molecule has 2 amide bonds. The van der Waals surface area contributed by atoms with Gasteiger partial charge in [0.05, 0.1) is 6.54 Å². The Kier molecular flexibility index (Phi) is 6.25. The number of hydrogen-bond acceptors (Lipinski definition) is 4. The van der Waals surface area contributed by atoms with Crippen molar-refractivity contribution >= 4 is 18.0 Å². The van der Waals surface area contributed by atoms with Crippen LogP contribution in [0.15, 0.2) is 0 Å². The molecule has 0 aromatic carbocycles. The molecule has 0 aromatic heterocycles. The van der Waals surface area contributed by atoms with Crippen molar-refractivity contribution < 1.29 is 24.2 Å². The van der Waals surface area contributed by atoms with Crippen molar-refractivity contribution in [3.63, 3.8) is 0 Å². The van der Waals surface area contributed by atoms with Gasteiger partial charge in [-0.05, 0) is 38.5 Å². The summed E-state index contributed by atoms with van der Waals surface area (Å²) in [6.07, 6.45) is -0.918. The number of likely N-dealkylation sites (tertiary alicyclic amines) is 1. The van der Waals surface area contributed by atoms with E-state index in [9.17, 15) is 14.4 Å². The number of hydrogen-bond donors (Lipinski definition) is 2. The third-order valence-electron chi connectivity index (χ3n) is 4.05. The van der Waals surface area contributed by atoms with Crippen molar-refractivity contribution in [2.24, 2.45) is 17.3 Å². The summed E-state index contributed by atoms with van der Waals surface area (Å²) in [6.45, 7) is 11.8. The largest absolute Gasteiger partial charge is 0.465 e. The smallest absolute Gasteiger partial charge is 0.408 e. The highest BCUT2D eigenvalue weighted by Crippen LogP contribution is 2.37. The maximum absolute atomic E-state index is 12.7. The molecule has 1 rings (SSSR count). The Morgan fingerprint density at radius 3 is 2.21 bits per heavy atom. The van der Waals surface area contributed by atoms with E-state index in [1.807, 2.05) is 20.8 Å². The Balaban J connectivity index is 2.71. The van der Waals surface area contributed by atoms with Crippen molar-refractivity contribution in [1.82, 2.24) is 10.2 Å². The zero-order chi connectivity index (χ0) is 18.7. The van der Waals surface area contributed by atoms with Gasteiger partial charge in [-0.3, -0.25) is 4.79 Å². The number of ether oxygens (including phenoxy) is 1. The molecule has 2 atom stereocenters. The number of nitrogens with zero attached hydrogens (tertiary/aromatic N) is 1. The van der Waals surface area contributed by atoms with E-state index in [2.05, 4.69) is 5.32 Å². The third-order valence-corrected chi connectivity index (χ3v) is 4.05. The molecule has 7 heteroatoms. The minimum atomic E-state index is -0.954. The van der Waals surface area contributed by atoms with Crippen LogP contribution in [0.2, 0.25) is 0 Å². The van der Waals surface area contributed by atoms with Crippen LogP contribution in [0.3, 0.4) is 0 Å². The summed E-state index contributed by atoms with van der Waals surface area (Å²) in [5.41, 5.74) is -0.935. The van der Waals surface area contributed by atoms with Crippen LogP contribution in [0.4, 0.5) is 9.59 Å². The summed E-state index contributed by atoms with van der Waals surface area (Å²) >= 11 is 0. The van der Waals surface area contributed by atoms with Crippen LogP contribution in [0.1, 0.15) is 48.0 Å². The lowest BCUT2D eigenvalue weighted by atomic mass is 9.70. The average molecular weight is 342 g/mol. The van der Waals surface area contributed by atoms with Gasteiger partial charge in [0.2, 0.25) is 0 Å². The van der Waals surface area contributed by atoms with E-state index >= 15 is 0 Å². The summed E-state index contributed by atoms with van der Waals surface area (Å²) in [5, 5.41) is 11.6. The second-order valence-corrected chi connectivity index (χ2v) is 8.44. The molecule has 0 bridgehead atoms. The molecule has 0 saturated carbocycles. The topological polar surface area (TPSA) is 95.9 Å². The first-order valence-electron chi connectivity index (χ1n) is 8.28. The number of alkyl carbamates (subject to hydrolysis) is 1. The Labute approximate surface area is 143 Å². The summed E-state index contributed by atoms with van der Waals surface area (Å²) < 4.78 is 5.14. The fourth-order valence-corrected chi connectivity index (χ4v) is 3.27. The van der Waals surface area contributed by atoms with Crippen molar-refractivity contribution in [3.05, 3.63) is 0 Å².